The van der Waals surface area contributed by atoms with Gasteiger partial charge in [-0.15, -0.1) is 0 Å². The number of piperazine rings is 1. The monoisotopic (exact) mass is 414 g/mol. The molecule has 2 amide bonds. The van der Waals surface area contributed by atoms with E-state index in [9.17, 15) is 9.59 Å². The van der Waals surface area contributed by atoms with Crippen LogP contribution in [0.25, 0.3) is 0 Å². The highest BCUT2D eigenvalue weighted by Crippen LogP contribution is 2.23. The molecule has 2 heterocycles. The lowest BCUT2D eigenvalue weighted by molar-refractivity contribution is -0.134. The molecule has 1 atom stereocenters. The quantitative estimate of drug-likeness (QED) is 0.805. The summed E-state index contributed by atoms with van der Waals surface area (Å²) in [5.74, 6) is 0.281. The fraction of sp³-hybridized carbons (Fsp3) is 0.667. The predicted octanol–water partition coefficient (Wildman–Crippen LogP) is 2.94. The Morgan fingerprint density at radius 2 is 1.53 bits per heavy atom. The first-order chi connectivity index (χ1) is 14.2. The summed E-state index contributed by atoms with van der Waals surface area (Å²) >= 11 is 0. The van der Waals surface area contributed by atoms with Gasteiger partial charge in [0.25, 0.3) is 0 Å². The Morgan fingerprint density at radius 3 is 2.10 bits per heavy atom. The van der Waals surface area contributed by atoms with E-state index < -0.39 is 0 Å². The fourth-order valence-electron chi connectivity index (χ4n) is 4.21. The SMILES string of the molecule is CC(C(=O)Nc1ccc(C(C)(C)C)cc1)N1CCN(CC(=O)N2CCCCC2)CC1. The zero-order chi connectivity index (χ0) is 21.7. The number of amides is 2. The largest absolute Gasteiger partial charge is 0.342 e. The Balaban J connectivity index is 1.44. The van der Waals surface area contributed by atoms with Crippen LogP contribution in [0.2, 0.25) is 0 Å². The van der Waals surface area contributed by atoms with Crippen molar-refractivity contribution >= 4 is 17.5 Å². The van der Waals surface area contributed by atoms with Crippen LogP contribution in [0.15, 0.2) is 24.3 Å². The van der Waals surface area contributed by atoms with Crippen LogP contribution in [-0.2, 0) is 15.0 Å². The fourth-order valence-corrected chi connectivity index (χ4v) is 4.21. The molecule has 0 radical (unpaired) electrons. The molecule has 0 bridgehead atoms. The normalized spacial score (nSPS) is 20.1. The average molecular weight is 415 g/mol. The molecule has 3 rings (SSSR count). The van der Waals surface area contributed by atoms with Crippen molar-refractivity contribution in [2.45, 2.75) is 58.4 Å². The number of anilines is 1. The summed E-state index contributed by atoms with van der Waals surface area (Å²) in [7, 11) is 0. The van der Waals surface area contributed by atoms with Gasteiger partial charge < -0.3 is 10.2 Å². The van der Waals surface area contributed by atoms with Gasteiger partial charge in [-0.2, -0.15) is 0 Å². The van der Waals surface area contributed by atoms with E-state index in [1.165, 1.54) is 12.0 Å². The molecule has 1 aromatic rings. The van der Waals surface area contributed by atoms with Crippen LogP contribution in [0.3, 0.4) is 0 Å². The second-order valence-corrected chi connectivity index (χ2v) is 9.75. The number of likely N-dealkylation sites (tertiary alicyclic amines) is 1. The molecule has 1 N–H and O–H groups in total. The minimum Gasteiger partial charge on any atom is -0.342 e. The van der Waals surface area contributed by atoms with Crippen molar-refractivity contribution in [2.24, 2.45) is 0 Å². The molecular formula is C24H38N4O2. The molecule has 2 aliphatic heterocycles. The van der Waals surface area contributed by atoms with Gasteiger partial charge in [-0.25, -0.2) is 0 Å². The molecule has 30 heavy (non-hydrogen) atoms. The lowest BCUT2D eigenvalue weighted by Gasteiger charge is -2.38. The van der Waals surface area contributed by atoms with E-state index in [-0.39, 0.29) is 23.3 Å². The van der Waals surface area contributed by atoms with Gasteiger partial charge >= 0.3 is 0 Å². The first kappa shape index (κ1) is 22.8. The highest BCUT2D eigenvalue weighted by Gasteiger charge is 2.27. The summed E-state index contributed by atoms with van der Waals surface area (Å²) in [5, 5.41) is 3.05. The minimum atomic E-state index is -0.188. The van der Waals surface area contributed by atoms with Crippen LogP contribution >= 0.6 is 0 Å². The number of rotatable bonds is 5. The average Bonchev–Trinajstić information content (AvgIpc) is 2.74. The number of benzene rings is 1. The molecule has 0 aromatic heterocycles. The topological polar surface area (TPSA) is 55.9 Å². The lowest BCUT2D eigenvalue weighted by Crippen LogP contribution is -2.54. The Kier molecular flexibility index (Phi) is 7.53. The standard InChI is InChI=1S/C24H38N4O2/c1-19(23(30)25-21-10-8-20(9-11-21)24(2,3)4)27-16-14-26(15-17-27)18-22(29)28-12-6-5-7-13-28/h8-11,19H,5-7,12-18H2,1-4H3,(H,25,30). The van der Waals surface area contributed by atoms with E-state index in [0.717, 1.165) is 57.8 Å². The predicted molar refractivity (Wildman–Crippen MR) is 122 cm³/mol. The lowest BCUT2D eigenvalue weighted by atomic mass is 9.87. The second-order valence-electron chi connectivity index (χ2n) is 9.75. The zero-order valence-corrected chi connectivity index (χ0v) is 19.1. The molecular weight excluding hydrogens is 376 g/mol. The van der Waals surface area contributed by atoms with Gasteiger partial charge in [0, 0.05) is 45.0 Å². The molecule has 0 spiro atoms. The van der Waals surface area contributed by atoms with Crippen LogP contribution in [-0.4, -0.2) is 78.4 Å². The Morgan fingerprint density at radius 1 is 0.933 bits per heavy atom. The molecule has 166 valence electrons. The molecule has 2 fully saturated rings. The van der Waals surface area contributed by atoms with Crippen molar-refractivity contribution < 1.29 is 9.59 Å². The van der Waals surface area contributed by atoms with Crippen molar-refractivity contribution in [3.05, 3.63) is 29.8 Å². The summed E-state index contributed by atoms with van der Waals surface area (Å²) in [6, 6.07) is 7.94. The highest BCUT2D eigenvalue weighted by molar-refractivity contribution is 5.94. The van der Waals surface area contributed by atoms with Crippen LogP contribution in [0.4, 0.5) is 5.69 Å². The van der Waals surface area contributed by atoms with E-state index in [1.54, 1.807) is 0 Å². The summed E-state index contributed by atoms with van der Waals surface area (Å²) in [5.41, 5.74) is 2.19. The number of nitrogens with one attached hydrogen (secondary N) is 1. The number of carbonyl (C=O) groups is 2. The smallest absolute Gasteiger partial charge is 0.241 e. The molecule has 1 aromatic carbocycles. The zero-order valence-electron chi connectivity index (χ0n) is 19.1. The third-order valence-corrected chi connectivity index (χ3v) is 6.42. The van der Waals surface area contributed by atoms with Crippen molar-refractivity contribution in [2.75, 3.05) is 51.1 Å². The Bertz CT molecular complexity index is 712. The summed E-state index contributed by atoms with van der Waals surface area (Å²) in [4.78, 5) is 31.7. The van der Waals surface area contributed by atoms with Gasteiger partial charge in [0.2, 0.25) is 11.8 Å². The third-order valence-electron chi connectivity index (χ3n) is 6.42. The van der Waals surface area contributed by atoms with E-state index in [4.69, 9.17) is 0 Å². The molecule has 6 heteroatoms. The van der Waals surface area contributed by atoms with Crippen molar-refractivity contribution in [3.63, 3.8) is 0 Å². The molecule has 0 aliphatic carbocycles. The number of carbonyl (C=O) groups excluding carboxylic acids is 2. The minimum absolute atomic E-state index is 0.0244. The maximum atomic E-state index is 12.7. The number of hydrogen-bond acceptors (Lipinski definition) is 4. The van der Waals surface area contributed by atoms with Crippen molar-refractivity contribution in [3.8, 4) is 0 Å². The Labute approximate surface area is 181 Å². The second kappa shape index (κ2) is 9.92. The molecule has 2 saturated heterocycles. The van der Waals surface area contributed by atoms with E-state index in [0.29, 0.717) is 6.54 Å². The molecule has 6 nitrogen and oxygen atoms in total. The number of nitrogens with zero attached hydrogens (tertiary/aromatic N) is 3. The van der Waals surface area contributed by atoms with Crippen LogP contribution < -0.4 is 5.32 Å². The van der Waals surface area contributed by atoms with Crippen LogP contribution in [0, 0.1) is 0 Å². The van der Waals surface area contributed by atoms with E-state index in [1.807, 2.05) is 24.0 Å². The first-order valence-electron chi connectivity index (χ1n) is 11.4. The van der Waals surface area contributed by atoms with Gasteiger partial charge in [0.05, 0.1) is 12.6 Å². The van der Waals surface area contributed by atoms with Crippen molar-refractivity contribution in [1.29, 1.82) is 0 Å². The van der Waals surface area contributed by atoms with Crippen LogP contribution in [0.5, 0.6) is 0 Å². The summed E-state index contributed by atoms with van der Waals surface area (Å²) in [6.45, 7) is 14.1. The van der Waals surface area contributed by atoms with Gasteiger partial charge in [0.1, 0.15) is 0 Å². The van der Waals surface area contributed by atoms with Crippen molar-refractivity contribution in [1.82, 2.24) is 14.7 Å². The summed E-state index contributed by atoms with van der Waals surface area (Å²) < 4.78 is 0. The van der Waals surface area contributed by atoms with E-state index >= 15 is 0 Å². The highest BCUT2D eigenvalue weighted by atomic mass is 16.2. The number of piperidine rings is 1. The van der Waals surface area contributed by atoms with Gasteiger partial charge in [0.15, 0.2) is 0 Å². The number of hydrogen-bond donors (Lipinski definition) is 1. The van der Waals surface area contributed by atoms with Gasteiger partial charge in [-0.05, 0) is 49.3 Å². The molecule has 2 aliphatic rings. The van der Waals surface area contributed by atoms with Gasteiger partial charge in [-0.3, -0.25) is 19.4 Å². The Hall–Kier alpha value is -1.92. The maximum Gasteiger partial charge on any atom is 0.241 e. The summed E-state index contributed by atoms with van der Waals surface area (Å²) in [6.07, 6.45) is 3.50. The first-order valence-corrected chi connectivity index (χ1v) is 11.4. The maximum absolute atomic E-state index is 12.7. The van der Waals surface area contributed by atoms with Gasteiger partial charge in [-0.1, -0.05) is 32.9 Å². The molecule has 0 saturated carbocycles. The molecule has 1 unspecified atom stereocenters. The third kappa shape index (κ3) is 6.05. The van der Waals surface area contributed by atoms with E-state index in [2.05, 4.69) is 48.0 Å². The van der Waals surface area contributed by atoms with Crippen LogP contribution in [0.1, 0.15) is 52.5 Å².